The molecule has 5 N–H and O–H groups in total. The number of aliphatic imine (C=N–C) groups is 1. The van der Waals surface area contributed by atoms with Crippen LogP contribution in [-0.2, 0) is 0 Å². The average molecular weight is 624 g/mol. The summed E-state index contributed by atoms with van der Waals surface area (Å²) in [6.07, 6.45) is 1.00. The average Bonchev–Trinajstić information content (AvgIpc) is 1.37. The van der Waals surface area contributed by atoms with Crippen molar-refractivity contribution in [1.29, 1.82) is 0 Å². The van der Waals surface area contributed by atoms with Gasteiger partial charge in [-0.3, -0.25) is 0 Å². The van der Waals surface area contributed by atoms with Gasteiger partial charge in [-0.1, -0.05) is 51.6 Å². The Bertz CT molecular complexity index is 77.6. The van der Waals surface area contributed by atoms with Crippen molar-refractivity contribution in [2.75, 3.05) is 7.05 Å². The van der Waals surface area contributed by atoms with Crippen molar-refractivity contribution in [3.05, 3.63) is 5.73 Å². The van der Waals surface area contributed by atoms with Crippen LogP contribution >= 0.6 is 39.6 Å². The Hall–Kier alpha value is 3.86. The molecule has 4 atom stereocenters. The molecule has 0 heterocycles. The fourth-order valence-corrected chi connectivity index (χ4v) is 0. The molecule has 19 heavy (non-hydrogen) atoms. The van der Waals surface area contributed by atoms with E-state index in [1.165, 1.54) is 0 Å². The van der Waals surface area contributed by atoms with Gasteiger partial charge in [0, 0.05) is 46.7 Å². The maximum Gasteiger partial charge on any atom is 1.00 e. The molecule has 0 aromatic carbocycles. The predicted octanol–water partition coefficient (Wildman–Crippen LogP) is 0.950. The van der Waals surface area contributed by atoms with E-state index in [1.807, 2.05) is 0 Å². The summed E-state index contributed by atoms with van der Waals surface area (Å²) in [5.74, 6) is 0. The molecule has 4 nitrogen and oxygen atoms in total. The summed E-state index contributed by atoms with van der Waals surface area (Å²) in [4.78, 5) is 3.28. The van der Waals surface area contributed by atoms with Crippen LogP contribution in [-0.4, -0.2) is 32.8 Å². The first kappa shape index (κ1) is 232. The van der Waals surface area contributed by atoms with E-state index < -0.39 is 0 Å². The number of hydrogen-bond donors (Lipinski definition) is 0. The minimum atomic E-state index is 0. The van der Waals surface area contributed by atoms with E-state index in [-0.39, 0.29) is 193 Å². The van der Waals surface area contributed by atoms with Crippen molar-refractivity contribution in [1.82, 2.24) is 0 Å². The van der Waals surface area contributed by atoms with E-state index in [9.17, 15) is 0 Å². The van der Waals surface area contributed by atoms with Crippen LogP contribution in [0.5, 0.6) is 0 Å². The van der Waals surface area contributed by atoms with Gasteiger partial charge >= 0.3 is 51.4 Å². The first-order valence-electron chi connectivity index (χ1n) is 0.994. The molecule has 4 unspecified atom stereocenters. The van der Waals surface area contributed by atoms with Gasteiger partial charge in [0.2, 0.25) is 0 Å². The van der Waals surface area contributed by atoms with Crippen molar-refractivity contribution >= 4 is 54.3 Å². The van der Waals surface area contributed by atoms with E-state index >= 15 is 0 Å². The van der Waals surface area contributed by atoms with Crippen LogP contribution in [0, 0.1) is 31.1 Å². The standard InChI is InChI=1S/C2H5N2.6CH4.B.K.2H2O.4H3P.U.5H2/c1-4-2-3;;;;;;;;;;;;;;;;;;;;/h2H,1H3,(H-,3,4);6*1H4;;;2*1H2;4*1H3;;5*1H/q-1;;;;;;;;+1;;;;;;;;;;;;/i;;;;;;;;;;;;;;;;1+1;;;;. The Labute approximate surface area is 214 Å². The van der Waals surface area contributed by atoms with Crippen LogP contribution in [0.2, 0.25) is 0 Å². The molecule has 0 saturated carbocycles. The summed E-state index contributed by atoms with van der Waals surface area (Å²) < 4.78 is 0. The summed E-state index contributed by atoms with van der Waals surface area (Å²) in [6.45, 7) is 0. The molecule has 0 spiro atoms. The van der Waals surface area contributed by atoms with Crippen LogP contribution in [0.15, 0.2) is 4.99 Å². The Morgan fingerprint density at radius 2 is 0.895 bits per heavy atom. The molecule has 11 heteroatoms. The van der Waals surface area contributed by atoms with Crippen LogP contribution < -0.4 is 51.4 Å². The Balaban J connectivity index is -0.000000000237. The molecular weight excluding hydrogens is 568 g/mol. The zero-order valence-corrected chi connectivity index (χ0v) is 21.4. The van der Waals surface area contributed by atoms with Crippen molar-refractivity contribution in [3.8, 4) is 0 Å². The van der Waals surface area contributed by atoms with Gasteiger partial charge in [-0.05, 0) is 0 Å². The van der Waals surface area contributed by atoms with E-state index in [2.05, 4.69) is 4.99 Å². The molecule has 3 radical (unpaired) electrons. The number of nitrogens with one attached hydrogen (secondary N) is 1. The third-order valence-corrected chi connectivity index (χ3v) is 0.129. The molecule has 0 aliphatic heterocycles. The summed E-state index contributed by atoms with van der Waals surface area (Å²) >= 11 is 0. The fraction of sp³-hybridized carbons (Fsp3) is 0.875. The van der Waals surface area contributed by atoms with Gasteiger partial charge in [-0.25, -0.2) is 0 Å². The van der Waals surface area contributed by atoms with Gasteiger partial charge in [-0.2, -0.15) is 39.6 Å². The second-order valence-corrected chi connectivity index (χ2v) is 0.387. The summed E-state index contributed by atoms with van der Waals surface area (Å²) in [7, 11) is 1.56. The van der Waals surface area contributed by atoms with E-state index in [4.69, 9.17) is 5.73 Å². The van der Waals surface area contributed by atoms with Gasteiger partial charge in [-0.15, -0.1) is 6.34 Å². The zero-order chi connectivity index (χ0) is 3.41. The van der Waals surface area contributed by atoms with Crippen LogP contribution in [0.3, 0.4) is 0 Å². The van der Waals surface area contributed by atoms with Gasteiger partial charge < -0.3 is 21.7 Å². The number of hydrogen-bond acceptors (Lipinski definition) is 1. The van der Waals surface area contributed by atoms with Crippen molar-refractivity contribution in [3.63, 3.8) is 0 Å². The Kier molecular flexibility index (Phi) is 3380. The molecule has 0 aromatic rings. The summed E-state index contributed by atoms with van der Waals surface area (Å²) in [5.41, 5.74) is 6.16. The fourth-order valence-electron chi connectivity index (χ4n) is 0. The zero-order valence-electron chi connectivity index (χ0n) is 8.43. The monoisotopic (exact) mass is 624 g/mol. The number of nitrogens with zero attached hydrogens (tertiary/aromatic N) is 1. The third-order valence-electron chi connectivity index (χ3n) is 0.129. The summed E-state index contributed by atoms with van der Waals surface area (Å²) in [5, 5.41) is 0. The van der Waals surface area contributed by atoms with Gasteiger partial charge in [0.25, 0.3) is 0 Å². The summed E-state index contributed by atoms with van der Waals surface area (Å²) in [6, 6.07) is 0. The smallest absolute Gasteiger partial charge is 0.489 e. The van der Waals surface area contributed by atoms with Gasteiger partial charge in [0.1, 0.15) is 0 Å². The maximum absolute atomic E-state index is 6.16. The van der Waals surface area contributed by atoms with Crippen molar-refractivity contribution in [2.45, 2.75) is 44.6 Å². The van der Waals surface area contributed by atoms with Crippen molar-refractivity contribution < 1.29 is 101 Å². The second-order valence-electron chi connectivity index (χ2n) is 0.387. The van der Waals surface area contributed by atoms with Gasteiger partial charge in [0.05, 0.1) is 0 Å². The molecular formula is C8H55BKN2O2P4U. The van der Waals surface area contributed by atoms with Crippen LogP contribution in [0.4, 0.5) is 0 Å². The molecule has 137 valence electrons. The van der Waals surface area contributed by atoms with E-state index in [0.717, 1.165) is 6.34 Å². The van der Waals surface area contributed by atoms with Crippen LogP contribution in [0.1, 0.15) is 51.7 Å². The molecule has 0 bridgehead atoms. The third kappa shape index (κ3) is 365. The second kappa shape index (κ2) is 277. The molecule has 0 aliphatic carbocycles. The Morgan fingerprint density at radius 3 is 0.895 bits per heavy atom. The van der Waals surface area contributed by atoms with Gasteiger partial charge in [0.15, 0.2) is 0 Å². The number of rotatable bonds is 0. The topological polar surface area (TPSA) is 99.2 Å². The Morgan fingerprint density at radius 1 is 0.842 bits per heavy atom. The first-order chi connectivity index (χ1) is 1.91. The molecule has 0 rings (SSSR count). The normalized spacial score (nSPS) is 1.95. The molecule has 0 aromatic heterocycles. The quantitative estimate of drug-likeness (QED) is 0.166. The first-order valence-corrected chi connectivity index (χ1v) is 0.994. The van der Waals surface area contributed by atoms with E-state index in [1.54, 1.807) is 7.05 Å². The minimum Gasteiger partial charge on any atom is -0.489 e. The molecule has 0 fully saturated rings. The van der Waals surface area contributed by atoms with Crippen LogP contribution in [0.25, 0.3) is 5.73 Å². The maximum atomic E-state index is 6.16. The molecule has 0 amide bonds. The predicted molar refractivity (Wildman–Crippen MR) is 127 cm³/mol. The molecule has 0 aliphatic rings. The van der Waals surface area contributed by atoms with E-state index in [0.29, 0.717) is 0 Å². The molecule has 0 saturated heterocycles. The largest absolute Gasteiger partial charge is 1.00 e. The SMILES string of the molecule is C.C.C.C.C.C.CN=C[NH-].O.O.P.P.P.P.[2HH].[B].[HH].[HH].[HH].[HH].[K+].[U]. The van der Waals surface area contributed by atoms with Crippen molar-refractivity contribution in [2.24, 2.45) is 4.99 Å². The minimum absolute atomic E-state index is 0.